The topological polar surface area (TPSA) is 131 Å². The molecular formula is C16H14F3N5O5. The van der Waals surface area contributed by atoms with Crippen molar-refractivity contribution in [2.45, 2.75) is 19.5 Å². The highest BCUT2D eigenvalue weighted by Crippen LogP contribution is 2.42. The Morgan fingerprint density at radius 2 is 1.59 bits per heavy atom. The summed E-state index contributed by atoms with van der Waals surface area (Å²) in [5.41, 5.74) is 0.0873. The van der Waals surface area contributed by atoms with E-state index in [0.29, 0.717) is 5.12 Å². The van der Waals surface area contributed by atoms with Gasteiger partial charge < -0.3 is 0 Å². The predicted octanol–water partition coefficient (Wildman–Crippen LogP) is 3.80. The maximum atomic E-state index is 13.1. The van der Waals surface area contributed by atoms with E-state index < -0.39 is 44.6 Å². The van der Waals surface area contributed by atoms with Crippen LogP contribution >= 0.6 is 0 Å². The summed E-state index contributed by atoms with van der Waals surface area (Å²) in [5, 5.41) is 23.4. The molecule has 0 atom stereocenters. The van der Waals surface area contributed by atoms with Gasteiger partial charge in [-0.2, -0.15) is 18.3 Å². The summed E-state index contributed by atoms with van der Waals surface area (Å²) in [6.07, 6.45) is -5.16. The zero-order chi connectivity index (χ0) is 21.8. The van der Waals surface area contributed by atoms with Gasteiger partial charge in [-0.15, -0.1) is 0 Å². The van der Waals surface area contributed by atoms with Gasteiger partial charge in [0.2, 0.25) is 11.6 Å². The van der Waals surface area contributed by atoms with Gasteiger partial charge >= 0.3 is 17.6 Å². The van der Waals surface area contributed by atoms with E-state index in [-0.39, 0.29) is 24.2 Å². The summed E-state index contributed by atoms with van der Waals surface area (Å²) in [7, 11) is 0. The SMILES string of the molecule is CCC(=O)NN(Nc1ccccc1)c1c([N+](=O)[O-])cc(C(F)(F)F)cc1[N+](=O)[O-]. The van der Waals surface area contributed by atoms with E-state index in [0.717, 1.165) is 0 Å². The molecule has 0 unspecified atom stereocenters. The lowest BCUT2D eigenvalue weighted by molar-refractivity contribution is -0.393. The maximum absolute atomic E-state index is 13.1. The van der Waals surface area contributed by atoms with Gasteiger partial charge in [0.25, 0.3) is 0 Å². The molecule has 0 spiro atoms. The number of amides is 1. The molecule has 13 heteroatoms. The summed E-state index contributed by atoms with van der Waals surface area (Å²) in [6.45, 7) is 1.45. The van der Waals surface area contributed by atoms with Gasteiger partial charge in [-0.05, 0) is 12.1 Å². The zero-order valence-electron chi connectivity index (χ0n) is 14.8. The molecule has 0 bridgehead atoms. The smallest absolute Gasteiger partial charge is 0.279 e. The highest BCUT2D eigenvalue weighted by Gasteiger charge is 2.40. The van der Waals surface area contributed by atoms with Crippen LogP contribution in [0.1, 0.15) is 18.9 Å². The molecular weight excluding hydrogens is 399 g/mol. The molecule has 154 valence electrons. The highest BCUT2D eigenvalue weighted by molar-refractivity contribution is 5.83. The van der Waals surface area contributed by atoms with E-state index in [1.165, 1.54) is 19.1 Å². The molecule has 2 aromatic carbocycles. The lowest BCUT2D eigenvalue weighted by Gasteiger charge is -2.26. The molecule has 0 aliphatic rings. The van der Waals surface area contributed by atoms with Crippen LogP contribution in [0.2, 0.25) is 0 Å². The third kappa shape index (κ3) is 5.09. The quantitative estimate of drug-likeness (QED) is 0.521. The highest BCUT2D eigenvalue weighted by atomic mass is 19.4. The number of halogens is 3. The van der Waals surface area contributed by atoms with E-state index in [2.05, 4.69) is 10.9 Å². The molecule has 0 aromatic heterocycles. The van der Waals surface area contributed by atoms with Gasteiger partial charge in [-0.25, -0.2) is 5.43 Å². The van der Waals surface area contributed by atoms with E-state index in [4.69, 9.17) is 0 Å². The molecule has 2 rings (SSSR count). The Hall–Kier alpha value is -3.90. The molecule has 0 heterocycles. The van der Waals surface area contributed by atoms with Gasteiger partial charge in [0.1, 0.15) is 0 Å². The summed E-state index contributed by atoms with van der Waals surface area (Å²) >= 11 is 0. The van der Waals surface area contributed by atoms with E-state index >= 15 is 0 Å². The Labute approximate surface area is 161 Å². The minimum absolute atomic E-state index is 0.102. The number of carbonyl (C=O) groups is 1. The van der Waals surface area contributed by atoms with Gasteiger partial charge in [0.15, 0.2) is 0 Å². The van der Waals surface area contributed by atoms with E-state index in [1.54, 1.807) is 18.2 Å². The van der Waals surface area contributed by atoms with Crippen LogP contribution in [0.15, 0.2) is 42.5 Å². The predicted molar refractivity (Wildman–Crippen MR) is 95.7 cm³/mol. The molecule has 29 heavy (non-hydrogen) atoms. The van der Waals surface area contributed by atoms with Gasteiger partial charge in [0.05, 0.1) is 21.1 Å². The Morgan fingerprint density at radius 1 is 1.07 bits per heavy atom. The maximum Gasteiger partial charge on any atom is 0.416 e. The van der Waals surface area contributed by atoms with Crippen molar-refractivity contribution in [3.05, 3.63) is 68.3 Å². The largest absolute Gasteiger partial charge is 0.416 e. The van der Waals surface area contributed by atoms with Crippen molar-refractivity contribution in [3.63, 3.8) is 0 Å². The fourth-order valence-electron chi connectivity index (χ4n) is 2.26. The third-order valence-electron chi connectivity index (χ3n) is 3.59. The Kier molecular flexibility index (Phi) is 6.21. The van der Waals surface area contributed by atoms with Crippen molar-refractivity contribution in [1.82, 2.24) is 5.43 Å². The molecule has 0 saturated carbocycles. The molecule has 1 amide bonds. The first-order valence-electron chi connectivity index (χ1n) is 8.00. The number of hydrogen-bond acceptors (Lipinski definition) is 7. The first kappa shape index (κ1) is 21.4. The van der Waals surface area contributed by atoms with Crippen LogP contribution < -0.4 is 16.0 Å². The van der Waals surface area contributed by atoms with Crippen molar-refractivity contribution in [2.24, 2.45) is 0 Å². The third-order valence-corrected chi connectivity index (χ3v) is 3.59. The van der Waals surface area contributed by atoms with Gasteiger partial charge in [0, 0.05) is 18.6 Å². The van der Waals surface area contributed by atoms with Crippen LogP contribution in [0.3, 0.4) is 0 Å². The number of carbonyl (C=O) groups excluding carboxylic acids is 1. The minimum atomic E-state index is -5.06. The molecule has 2 aromatic rings. The number of para-hydroxylation sites is 1. The first-order chi connectivity index (χ1) is 13.5. The van der Waals surface area contributed by atoms with Crippen LogP contribution in [0, 0.1) is 20.2 Å². The second kappa shape index (κ2) is 8.41. The van der Waals surface area contributed by atoms with Crippen molar-refractivity contribution in [3.8, 4) is 0 Å². The summed E-state index contributed by atoms with van der Waals surface area (Å²) in [5.74, 6) is -0.697. The van der Waals surface area contributed by atoms with Crippen LogP contribution in [-0.4, -0.2) is 15.8 Å². The van der Waals surface area contributed by atoms with Crippen molar-refractivity contribution >= 4 is 28.7 Å². The fourth-order valence-corrected chi connectivity index (χ4v) is 2.26. The summed E-state index contributed by atoms with van der Waals surface area (Å²) < 4.78 is 39.2. The minimum Gasteiger partial charge on any atom is -0.279 e. The number of benzene rings is 2. The number of nitro benzene ring substituents is 2. The lowest BCUT2D eigenvalue weighted by Crippen LogP contribution is -2.46. The van der Waals surface area contributed by atoms with Crippen LogP contribution in [0.25, 0.3) is 0 Å². The number of hydrogen-bond donors (Lipinski definition) is 2. The van der Waals surface area contributed by atoms with Crippen LogP contribution in [0.5, 0.6) is 0 Å². The average Bonchev–Trinajstić information content (AvgIpc) is 2.66. The zero-order valence-corrected chi connectivity index (χ0v) is 14.8. The number of nitro groups is 2. The van der Waals surface area contributed by atoms with E-state index in [9.17, 15) is 38.2 Å². The monoisotopic (exact) mass is 413 g/mol. The van der Waals surface area contributed by atoms with Crippen molar-refractivity contribution in [2.75, 3.05) is 10.5 Å². The van der Waals surface area contributed by atoms with Gasteiger partial charge in [-0.3, -0.25) is 30.4 Å². The molecule has 2 N–H and O–H groups in total. The Balaban J connectivity index is 2.73. The number of hydrazine groups is 2. The van der Waals surface area contributed by atoms with Crippen LogP contribution in [0.4, 0.5) is 35.9 Å². The normalized spacial score (nSPS) is 10.9. The molecule has 10 nitrogen and oxygen atoms in total. The number of nitrogens with one attached hydrogen (secondary N) is 2. The number of anilines is 2. The molecule has 0 radical (unpaired) electrons. The van der Waals surface area contributed by atoms with Crippen LogP contribution in [-0.2, 0) is 11.0 Å². The first-order valence-corrected chi connectivity index (χ1v) is 8.00. The van der Waals surface area contributed by atoms with Crippen molar-refractivity contribution in [1.29, 1.82) is 0 Å². The summed E-state index contributed by atoms with van der Waals surface area (Å²) in [6, 6.07) is 8.07. The number of rotatable bonds is 7. The summed E-state index contributed by atoms with van der Waals surface area (Å²) in [4.78, 5) is 32.3. The lowest BCUT2D eigenvalue weighted by atomic mass is 10.1. The Bertz CT molecular complexity index is 901. The second-order valence-electron chi connectivity index (χ2n) is 5.58. The van der Waals surface area contributed by atoms with Crippen molar-refractivity contribution < 1.29 is 27.8 Å². The number of nitrogens with zero attached hydrogens (tertiary/aromatic N) is 3. The number of alkyl halides is 3. The standard InChI is InChI=1S/C16H14F3N5O5/c1-2-14(25)21-22(20-11-6-4-3-5-7-11)15-12(23(26)27)8-10(16(17,18)19)9-13(15)24(28)29/h3-9,20H,2H2,1H3,(H,21,25). The fraction of sp³-hybridized carbons (Fsp3) is 0.188. The second-order valence-corrected chi connectivity index (χ2v) is 5.58. The molecule has 0 aliphatic heterocycles. The molecule has 0 saturated heterocycles. The average molecular weight is 413 g/mol. The van der Waals surface area contributed by atoms with Gasteiger partial charge in [-0.1, -0.05) is 25.1 Å². The van der Waals surface area contributed by atoms with E-state index in [1.807, 2.05) is 0 Å². The molecule has 0 aliphatic carbocycles. The Morgan fingerprint density at radius 3 is 2.00 bits per heavy atom. The molecule has 0 fully saturated rings.